The zero-order chi connectivity index (χ0) is 15.9. The van der Waals surface area contributed by atoms with Gasteiger partial charge in [-0.3, -0.25) is 4.79 Å². The molecule has 0 radical (unpaired) electrons. The van der Waals surface area contributed by atoms with Crippen LogP contribution in [0.3, 0.4) is 0 Å². The van der Waals surface area contributed by atoms with Gasteiger partial charge in [0.1, 0.15) is 0 Å². The van der Waals surface area contributed by atoms with Crippen LogP contribution in [-0.4, -0.2) is 56.2 Å². The predicted molar refractivity (Wildman–Crippen MR) is 86.1 cm³/mol. The van der Waals surface area contributed by atoms with E-state index in [2.05, 4.69) is 31.0 Å². The molecule has 0 spiro atoms. The second kappa shape index (κ2) is 8.71. The number of carbonyl (C=O) groups is 1. The molecule has 1 saturated heterocycles. The Labute approximate surface area is 129 Å². The zero-order valence-corrected chi connectivity index (χ0v) is 14.2. The molecule has 0 aromatic carbocycles. The molecule has 5 nitrogen and oxygen atoms in total. The predicted octanol–water partition coefficient (Wildman–Crippen LogP) is 1.22. The Balaban J connectivity index is 2.53. The Morgan fingerprint density at radius 3 is 2.67 bits per heavy atom. The summed E-state index contributed by atoms with van der Waals surface area (Å²) in [6.07, 6.45) is 1.55. The van der Waals surface area contributed by atoms with E-state index in [1.807, 2.05) is 6.92 Å². The lowest BCUT2D eigenvalue weighted by atomic mass is 9.90. The van der Waals surface area contributed by atoms with Crippen LogP contribution in [0.25, 0.3) is 0 Å². The maximum atomic E-state index is 11.7. The molecule has 1 aliphatic rings. The van der Waals surface area contributed by atoms with Gasteiger partial charge in [-0.2, -0.15) is 0 Å². The third-order valence-corrected chi connectivity index (χ3v) is 3.74. The van der Waals surface area contributed by atoms with Gasteiger partial charge in [0, 0.05) is 45.2 Å². The minimum Gasteiger partial charge on any atom is -0.466 e. The molecular weight excluding hydrogens is 266 g/mol. The number of nitrogens with two attached hydrogens (primary N) is 1. The fraction of sp³-hybridized carbons (Fsp3) is 0.938. The second-order valence-electron chi connectivity index (χ2n) is 7.30. The third-order valence-electron chi connectivity index (χ3n) is 3.74. The molecule has 124 valence electrons. The molecule has 0 aliphatic carbocycles. The Bertz CT molecular complexity index is 315. The van der Waals surface area contributed by atoms with E-state index in [1.165, 1.54) is 0 Å². The molecule has 5 heteroatoms. The van der Waals surface area contributed by atoms with Crippen molar-refractivity contribution in [2.75, 3.05) is 39.3 Å². The first kappa shape index (κ1) is 18.4. The van der Waals surface area contributed by atoms with E-state index in [-0.39, 0.29) is 11.4 Å². The van der Waals surface area contributed by atoms with Gasteiger partial charge in [-0.15, -0.1) is 0 Å². The van der Waals surface area contributed by atoms with E-state index in [9.17, 15) is 4.79 Å². The molecule has 0 aromatic heterocycles. The van der Waals surface area contributed by atoms with Crippen LogP contribution < -0.4 is 11.1 Å². The van der Waals surface area contributed by atoms with Crippen molar-refractivity contribution >= 4 is 5.97 Å². The first-order valence-corrected chi connectivity index (χ1v) is 8.15. The first-order valence-electron chi connectivity index (χ1n) is 8.15. The quantitative estimate of drug-likeness (QED) is 0.692. The molecule has 2 atom stereocenters. The molecule has 0 amide bonds. The van der Waals surface area contributed by atoms with Crippen molar-refractivity contribution in [3.8, 4) is 0 Å². The van der Waals surface area contributed by atoms with Crippen molar-refractivity contribution in [3.05, 3.63) is 0 Å². The highest BCUT2D eigenvalue weighted by Gasteiger charge is 2.29. The van der Waals surface area contributed by atoms with E-state index in [1.54, 1.807) is 0 Å². The molecule has 0 bridgehead atoms. The fourth-order valence-corrected chi connectivity index (χ4v) is 2.87. The molecule has 1 rings (SSSR count). The van der Waals surface area contributed by atoms with Crippen LogP contribution in [0.5, 0.6) is 0 Å². The highest BCUT2D eigenvalue weighted by Crippen LogP contribution is 2.21. The zero-order valence-electron chi connectivity index (χ0n) is 14.2. The topological polar surface area (TPSA) is 67.6 Å². The molecule has 0 saturated carbocycles. The molecule has 0 aromatic rings. The highest BCUT2D eigenvalue weighted by molar-refractivity contribution is 5.69. The standard InChI is InChI=1S/C16H33N3O2/c1-5-21-15(20)9-13-8-14(18-12-16(2,3)4)11-19(10-13)7-6-17/h13-14,18H,5-12,17H2,1-4H3. The number of esters is 1. The minimum atomic E-state index is -0.0772. The number of ether oxygens (including phenoxy) is 1. The number of hydrogen-bond acceptors (Lipinski definition) is 5. The summed E-state index contributed by atoms with van der Waals surface area (Å²) < 4.78 is 5.09. The fourth-order valence-electron chi connectivity index (χ4n) is 2.87. The molecule has 1 aliphatic heterocycles. The average Bonchev–Trinajstić information content (AvgIpc) is 2.36. The summed E-state index contributed by atoms with van der Waals surface area (Å²) in [5.41, 5.74) is 5.96. The Morgan fingerprint density at radius 1 is 1.38 bits per heavy atom. The molecule has 21 heavy (non-hydrogen) atoms. The number of nitrogens with zero attached hydrogens (tertiary/aromatic N) is 1. The van der Waals surface area contributed by atoms with Crippen molar-refractivity contribution in [1.82, 2.24) is 10.2 Å². The maximum Gasteiger partial charge on any atom is 0.306 e. The van der Waals surface area contributed by atoms with Gasteiger partial charge >= 0.3 is 5.97 Å². The van der Waals surface area contributed by atoms with Gasteiger partial charge in [0.05, 0.1) is 6.61 Å². The summed E-state index contributed by atoms with van der Waals surface area (Å²) in [4.78, 5) is 14.1. The lowest BCUT2D eigenvalue weighted by Crippen LogP contribution is -2.52. The summed E-state index contributed by atoms with van der Waals surface area (Å²) in [6.45, 7) is 13.5. The van der Waals surface area contributed by atoms with E-state index >= 15 is 0 Å². The van der Waals surface area contributed by atoms with E-state index in [0.717, 1.165) is 32.6 Å². The summed E-state index contributed by atoms with van der Waals surface area (Å²) >= 11 is 0. The SMILES string of the molecule is CCOC(=O)CC1CC(NCC(C)(C)C)CN(CCN)C1. The van der Waals surface area contributed by atoms with Crippen molar-refractivity contribution in [3.63, 3.8) is 0 Å². The number of carbonyl (C=O) groups excluding carboxylic acids is 1. The third kappa shape index (κ3) is 7.79. The van der Waals surface area contributed by atoms with Crippen LogP contribution >= 0.6 is 0 Å². The number of likely N-dealkylation sites (tertiary alicyclic amines) is 1. The van der Waals surface area contributed by atoms with Gasteiger partial charge in [-0.25, -0.2) is 0 Å². The Kier molecular flexibility index (Phi) is 7.63. The number of piperidine rings is 1. The first-order chi connectivity index (χ1) is 9.84. The second-order valence-corrected chi connectivity index (χ2v) is 7.30. The summed E-state index contributed by atoms with van der Waals surface area (Å²) in [5, 5.41) is 3.65. The van der Waals surface area contributed by atoms with Crippen LogP contribution in [0.2, 0.25) is 0 Å². The van der Waals surface area contributed by atoms with Crippen molar-refractivity contribution in [1.29, 1.82) is 0 Å². The normalized spacial score (nSPS) is 24.0. The van der Waals surface area contributed by atoms with E-state index in [0.29, 0.717) is 31.5 Å². The van der Waals surface area contributed by atoms with Crippen molar-refractivity contribution in [2.24, 2.45) is 17.1 Å². The Morgan fingerprint density at radius 2 is 2.10 bits per heavy atom. The lowest BCUT2D eigenvalue weighted by Gasteiger charge is -2.38. The number of hydrogen-bond donors (Lipinski definition) is 2. The van der Waals surface area contributed by atoms with Crippen molar-refractivity contribution in [2.45, 2.75) is 46.6 Å². The van der Waals surface area contributed by atoms with E-state index < -0.39 is 0 Å². The van der Waals surface area contributed by atoms with Crippen LogP contribution in [0.1, 0.15) is 40.5 Å². The van der Waals surface area contributed by atoms with Gasteiger partial charge in [-0.1, -0.05) is 20.8 Å². The smallest absolute Gasteiger partial charge is 0.306 e. The number of rotatable bonds is 7. The van der Waals surface area contributed by atoms with Gasteiger partial charge in [0.15, 0.2) is 0 Å². The number of nitrogens with one attached hydrogen (secondary N) is 1. The molecule has 1 fully saturated rings. The lowest BCUT2D eigenvalue weighted by molar-refractivity contribution is -0.144. The molecule has 3 N–H and O–H groups in total. The summed E-state index contributed by atoms with van der Waals surface area (Å²) in [7, 11) is 0. The van der Waals surface area contributed by atoms with Crippen LogP contribution in [0.15, 0.2) is 0 Å². The summed E-state index contributed by atoms with van der Waals surface area (Å²) in [5.74, 6) is 0.286. The van der Waals surface area contributed by atoms with Gasteiger partial charge < -0.3 is 20.7 Å². The molecule has 2 unspecified atom stereocenters. The molecule has 1 heterocycles. The van der Waals surface area contributed by atoms with Gasteiger partial charge in [0.2, 0.25) is 0 Å². The minimum absolute atomic E-state index is 0.0772. The van der Waals surface area contributed by atoms with Crippen LogP contribution in [-0.2, 0) is 9.53 Å². The molecular formula is C16H33N3O2. The monoisotopic (exact) mass is 299 g/mol. The van der Waals surface area contributed by atoms with E-state index in [4.69, 9.17) is 10.5 Å². The highest BCUT2D eigenvalue weighted by atomic mass is 16.5. The van der Waals surface area contributed by atoms with Crippen molar-refractivity contribution < 1.29 is 9.53 Å². The van der Waals surface area contributed by atoms with Crippen LogP contribution in [0, 0.1) is 11.3 Å². The summed E-state index contributed by atoms with van der Waals surface area (Å²) in [6, 6.07) is 0.434. The Hall–Kier alpha value is -0.650. The van der Waals surface area contributed by atoms with Gasteiger partial charge in [0.25, 0.3) is 0 Å². The average molecular weight is 299 g/mol. The largest absolute Gasteiger partial charge is 0.466 e. The van der Waals surface area contributed by atoms with Gasteiger partial charge in [-0.05, 0) is 24.7 Å². The maximum absolute atomic E-state index is 11.7. The van der Waals surface area contributed by atoms with Crippen LogP contribution in [0.4, 0.5) is 0 Å².